The SMILES string of the molecule is CCCC(=O)NC(C)c1ccsc1. The molecule has 1 aromatic rings. The van der Waals surface area contributed by atoms with Crippen molar-refractivity contribution in [2.45, 2.75) is 32.7 Å². The maximum absolute atomic E-state index is 11.2. The van der Waals surface area contributed by atoms with Crippen molar-refractivity contribution < 1.29 is 4.79 Å². The van der Waals surface area contributed by atoms with E-state index in [-0.39, 0.29) is 11.9 Å². The minimum atomic E-state index is 0.140. The zero-order valence-corrected chi connectivity index (χ0v) is 8.86. The van der Waals surface area contributed by atoms with E-state index in [0.717, 1.165) is 6.42 Å². The first-order valence-electron chi connectivity index (χ1n) is 4.55. The van der Waals surface area contributed by atoms with Gasteiger partial charge < -0.3 is 5.32 Å². The molecule has 1 aromatic heterocycles. The summed E-state index contributed by atoms with van der Waals surface area (Å²) in [6.45, 7) is 4.02. The predicted octanol–water partition coefficient (Wildman–Crippen LogP) is 2.73. The van der Waals surface area contributed by atoms with Crippen LogP contribution >= 0.6 is 11.3 Å². The van der Waals surface area contributed by atoms with E-state index in [4.69, 9.17) is 0 Å². The average Bonchev–Trinajstić information content (AvgIpc) is 2.55. The molecule has 2 nitrogen and oxygen atoms in total. The van der Waals surface area contributed by atoms with Crippen LogP contribution in [0.3, 0.4) is 0 Å². The van der Waals surface area contributed by atoms with Gasteiger partial charge in [0.2, 0.25) is 5.91 Å². The van der Waals surface area contributed by atoms with E-state index in [9.17, 15) is 4.79 Å². The van der Waals surface area contributed by atoms with Gasteiger partial charge in [-0.1, -0.05) is 6.92 Å². The minimum absolute atomic E-state index is 0.140. The Labute approximate surface area is 83.0 Å². The molecule has 1 rings (SSSR count). The summed E-state index contributed by atoms with van der Waals surface area (Å²) in [4.78, 5) is 11.2. The fraction of sp³-hybridized carbons (Fsp3) is 0.500. The van der Waals surface area contributed by atoms with Crippen LogP contribution < -0.4 is 5.32 Å². The number of hydrogen-bond donors (Lipinski definition) is 1. The highest BCUT2D eigenvalue weighted by Gasteiger charge is 2.08. The molecule has 0 aliphatic carbocycles. The van der Waals surface area contributed by atoms with Crippen LogP contribution in [0.25, 0.3) is 0 Å². The second-order valence-electron chi connectivity index (χ2n) is 3.10. The van der Waals surface area contributed by atoms with E-state index >= 15 is 0 Å². The maximum atomic E-state index is 11.2. The number of amides is 1. The van der Waals surface area contributed by atoms with Crippen LogP contribution in [0, 0.1) is 0 Å². The van der Waals surface area contributed by atoms with Gasteiger partial charge in [0.05, 0.1) is 6.04 Å². The van der Waals surface area contributed by atoms with E-state index in [2.05, 4.69) is 10.7 Å². The normalized spacial score (nSPS) is 12.5. The van der Waals surface area contributed by atoms with Gasteiger partial charge in [0.25, 0.3) is 0 Å². The Morgan fingerprint density at radius 2 is 2.46 bits per heavy atom. The van der Waals surface area contributed by atoms with Crippen molar-refractivity contribution in [1.82, 2.24) is 5.32 Å². The molecule has 13 heavy (non-hydrogen) atoms. The van der Waals surface area contributed by atoms with Gasteiger partial charge in [-0.3, -0.25) is 4.79 Å². The Balaban J connectivity index is 2.42. The molecule has 0 aromatic carbocycles. The molecular weight excluding hydrogens is 182 g/mol. The van der Waals surface area contributed by atoms with Crippen molar-refractivity contribution in [3.05, 3.63) is 22.4 Å². The topological polar surface area (TPSA) is 29.1 Å². The second-order valence-corrected chi connectivity index (χ2v) is 3.88. The Kier molecular flexibility index (Phi) is 3.96. The summed E-state index contributed by atoms with van der Waals surface area (Å²) < 4.78 is 0. The zero-order chi connectivity index (χ0) is 9.68. The van der Waals surface area contributed by atoms with Gasteiger partial charge >= 0.3 is 0 Å². The van der Waals surface area contributed by atoms with Crippen molar-refractivity contribution in [3.63, 3.8) is 0 Å². The molecule has 1 atom stereocenters. The Hall–Kier alpha value is -0.830. The number of carbonyl (C=O) groups excluding carboxylic acids is 1. The Morgan fingerprint density at radius 1 is 1.69 bits per heavy atom. The van der Waals surface area contributed by atoms with Crippen LogP contribution in [0.1, 0.15) is 38.3 Å². The van der Waals surface area contributed by atoms with E-state index in [1.165, 1.54) is 5.56 Å². The summed E-state index contributed by atoms with van der Waals surface area (Å²) >= 11 is 1.66. The lowest BCUT2D eigenvalue weighted by atomic mass is 10.2. The largest absolute Gasteiger partial charge is 0.350 e. The first kappa shape index (κ1) is 10.3. The molecule has 0 radical (unpaired) electrons. The molecular formula is C10H15NOS. The molecule has 0 bridgehead atoms. The molecule has 0 saturated heterocycles. The molecule has 0 aliphatic heterocycles. The summed E-state index contributed by atoms with van der Waals surface area (Å²) in [6, 6.07) is 2.19. The number of thiophene rings is 1. The quantitative estimate of drug-likeness (QED) is 0.790. The molecule has 0 fully saturated rings. The summed E-state index contributed by atoms with van der Waals surface area (Å²) in [7, 11) is 0. The van der Waals surface area contributed by atoms with Gasteiger partial charge in [0.15, 0.2) is 0 Å². The summed E-state index contributed by atoms with van der Waals surface area (Å²) in [5.74, 6) is 0.140. The second kappa shape index (κ2) is 5.02. The van der Waals surface area contributed by atoms with E-state index in [0.29, 0.717) is 6.42 Å². The van der Waals surface area contributed by atoms with Crippen LogP contribution in [0.15, 0.2) is 16.8 Å². The van der Waals surface area contributed by atoms with Gasteiger partial charge in [-0.15, -0.1) is 0 Å². The van der Waals surface area contributed by atoms with Gasteiger partial charge in [0, 0.05) is 6.42 Å². The fourth-order valence-electron chi connectivity index (χ4n) is 1.15. The molecule has 3 heteroatoms. The highest BCUT2D eigenvalue weighted by atomic mass is 32.1. The average molecular weight is 197 g/mol. The smallest absolute Gasteiger partial charge is 0.220 e. The first-order chi connectivity index (χ1) is 6.24. The fourth-order valence-corrected chi connectivity index (χ4v) is 1.90. The van der Waals surface area contributed by atoms with Crippen molar-refractivity contribution in [2.24, 2.45) is 0 Å². The monoisotopic (exact) mass is 197 g/mol. The third-order valence-electron chi connectivity index (χ3n) is 1.90. The van der Waals surface area contributed by atoms with E-state index in [1.807, 2.05) is 25.3 Å². The molecule has 0 aliphatic rings. The van der Waals surface area contributed by atoms with Gasteiger partial charge in [-0.05, 0) is 35.7 Å². The maximum Gasteiger partial charge on any atom is 0.220 e. The van der Waals surface area contributed by atoms with Crippen LogP contribution in [-0.4, -0.2) is 5.91 Å². The lowest BCUT2D eigenvalue weighted by molar-refractivity contribution is -0.121. The molecule has 1 heterocycles. The summed E-state index contributed by atoms with van der Waals surface area (Å²) in [5, 5.41) is 7.04. The van der Waals surface area contributed by atoms with Crippen LogP contribution in [0.5, 0.6) is 0 Å². The predicted molar refractivity (Wildman–Crippen MR) is 55.8 cm³/mol. The number of nitrogens with one attached hydrogen (secondary N) is 1. The van der Waals surface area contributed by atoms with Crippen molar-refractivity contribution in [3.8, 4) is 0 Å². The molecule has 1 amide bonds. The number of carbonyl (C=O) groups is 1. The summed E-state index contributed by atoms with van der Waals surface area (Å²) in [5.41, 5.74) is 1.19. The highest BCUT2D eigenvalue weighted by Crippen LogP contribution is 2.15. The Morgan fingerprint density at radius 3 is 3.00 bits per heavy atom. The summed E-state index contributed by atoms with van der Waals surface area (Å²) in [6.07, 6.45) is 1.52. The van der Waals surface area contributed by atoms with E-state index < -0.39 is 0 Å². The molecule has 72 valence electrons. The lowest BCUT2D eigenvalue weighted by Crippen LogP contribution is -2.25. The zero-order valence-electron chi connectivity index (χ0n) is 8.04. The number of hydrogen-bond acceptors (Lipinski definition) is 2. The first-order valence-corrected chi connectivity index (χ1v) is 5.49. The van der Waals surface area contributed by atoms with Crippen molar-refractivity contribution in [1.29, 1.82) is 0 Å². The number of rotatable bonds is 4. The lowest BCUT2D eigenvalue weighted by Gasteiger charge is -2.11. The van der Waals surface area contributed by atoms with E-state index in [1.54, 1.807) is 11.3 Å². The standard InChI is InChI=1S/C10H15NOS/c1-3-4-10(12)11-8(2)9-5-6-13-7-9/h5-8H,3-4H2,1-2H3,(H,11,12). The third kappa shape index (κ3) is 3.19. The van der Waals surface area contributed by atoms with Gasteiger partial charge in [-0.2, -0.15) is 11.3 Å². The van der Waals surface area contributed by atoms with Crippen LogP contribution in [-0.2, 0) is 4.79 Å². The van der Waals surface area contributed by atoms with Crippen molar-refractivity contribution >= 4 is 17.2 Å². The molecule has 0 saturated carbocycles. The minimum Gasteiger partial charge on any atom is -0.350 e. The van der Waals surface area contributed by atoms with Gasteiger partial charge in [-0.25, -0.2) is 0 Å². The van der Waals surface area contributed by atoms with Gasteiger partial charge in [0.1, 0.15) is 0 Å². The molecule has 1 unspecified atom stereocenters. The van der Waals surface area contributed by atoms with Crippen molar-refractivity contribution in [2.75, 3.05) is 0 Å². The highest BCUT2D eigenvalue weighted by molar-refractivity contribution is 7.07. The Bertz CT molecular complexity index is 256. The molecule has 0 spiro atoms. The molecule has 1 N–H and O–H groups in total. The third-order valence-corrected chi connectivity index (χ3v) is 2.60. The van der Waals surface area contributed by atoms with Crippen LogP contribution in [0.2, 0.25) is 0 Å². The van der Waals surface area contributed by atoms with Crippen LogP contribution in [0.4, 0.5) is 0 Å².